The number of amides is 1. The summed E-state index contributed by atoms with van der Waals surface area (Å²) in [5, 5.41) is 9.80. The van der Waals surface area contributed by atoms with Crippen LogP contribution in [0.5, 0.6) is 0 Å². The van der Waals surface area contributed by atoms with Crippen LogP contribution in [0.3, 0.4) is 0 Å². The van der Waals surface area contributed by atoms with Crippen molar-refractivity contribution in [3.8, 4) is 0 Å². The van der Waals surface area contributed by atoms with Gasteiger partial charge in [-0.2, -0.15) is 5.10 Å². The van der Waals surface area contributed by atoms with E-state index in [9.17, 15) is 4.79 Å². The van der Waals surface area contributed by atoms with Gasteiger partial charge in [0.25, 0.3) is 5.91 Å². The van der Waals surface area contributed by atoms with Crippen LogP contribution >= 0.6 is 11.6 Å². The van der Waals surface area contributed by atoms with Crippen LogP contribution in [0.25, 0.3) is 0 Å². The van der Waals surface area contributed by atoms with E-state index in [1.165, 1.54) is 5.56 Å². The highest BCUT2D eigenvalue weighted by molar-refractivity contribution is 6.17. The molecule has 1 aromatic carbocycles. The zero-order valence-corrected chi connectivity index (χ0v) is 12.2. The summed E-state index contributed by atoms with van der Waals surface area (Å²) in [7, 11) is 0. The average Bonchev–Trinajstić information content (AvgIpc) is 2.89. The number of aryl methyl sites for hydroxylation is 2. The summed E-state index contributed by atoms with van der Waals surface area (Å²) in [5.41, 5.74) is 3.89. The molecule has 2 rings (SSSR count). The Bertz CT molecular complexity index is 580. The maximum atomic E-state index is 12.0. The number of alkyl halides is 1. The number of H-pyrrole nitrogens is 1. The number of hydrogen-bond donors (Lipinski definition) is 2. The number of hydrogen-bond acceptors (Lipinski definition) is 2. The summed E-state index contributed by atoms with van der Waals surface area (Å²) in [4.78, 5) is 12.0. The molecule has 0 aliphatic heterocycles. The largest absolute Gasteiger partial charge is 0.352 e. The first-order valence-electron chi connectivity index (χ1n) is 6.62. The fraction of sp³-hybridized carbons (Fsp3) is 0.333. The first-order valence-corrected chi connectivity index (χ1v) is 7.16. The van der Waals surface area contributed by atoms with Crippen molar-refractivity contribution in [3.63, 3.8) is 0 Å². The van der Waals surface area contributed by atoms with Gasteiger partial charge in [0.2, 0.25) is 0 Å². The topological polar surface area (TPSA) is 57.8 Å². The Kier molecular flexibility index (Phi) is 5.18. The molecule has 4 nitrogen and oxygen atoms in total. The van der Waals surface area contributed by atoms with E-state index in [0.717, 1.165) is 24.1 Å². The Balaban J connectivity index is 1.79. The molecule has 1 heterocycles. The number of benzene rings is 1. The average molecular weight is 292 g/mol. The molecule has 0 aliphatic rings. The highest BCUT2D eigenvalue weighted by atomic mass is 35.5. The molecule has 0 radical (unpaired) electrons. The third-order valence-corrected chi connectivity index (χ3v) is 3.49. The second-order valence-corrected chi connectivity index (χ2v) is 4.98. The standard InChI is InChI=1S/C15H18ClN3O/c1-11-14(10-18-19-11)6-3-7-17-15(20)13-5-2-4-12(8-13)9-16/h2,4-5,8,10H,3,6-7,9H2,1H3,(H,17,20)(H,18,19). The number of carbonyl (C=O) groups excluding carboxylic acids is 1. The van der Waals surface area contributed by atoms with Crippen LogP contribution in [-0.4, -0.2) is 22.6 Å². The van der Waals surface area contributed by atoms with Crippen LogP contribution in [0.1, 0.15) is 33.6 Å². The van der Waals surface area contributed by atoms with Gasteiger partial charge in [-0.1, -0.05) is 12.1 Å². The third-order valence-electron chi connectivity index (χ3n) is 3.19. The lowest BCUT2D eigenvalue weighted by Crippen LogP contribution is -2.24. The zero-order valence-electron chi connectivity index (χ0n) is 11.4. The molecule has 0 saturated heterocycles. The van der Waals surface area contributed by atoms with Crippen molar-refractivity contribution in [2.24, 2.45) is 0 Å². The number of aromatic amines is 1. The fourth-order valence-electron chi connectivity index (χ4n) is 2.01. The van der Waals surface area contributed by atoms with Crippen molar-refractivity contribution in [1.29, 1.82) is 0 Å². The van der Waals surface area contributed by atoms with Crippen LogP contribution in [0, 0.1) is 6.92 Å². The van der Waals surface area contributed by atoms with E-state index in [4.69, 9.17) is 11.6 Å². The SMILES string of the molecule is Cc1[nH]ncc1CCCNC(=O)c1cccc(CCl)c1. The molecule has 2 N–H and O–H groups in total. The predicted octanol–water partition coefficient (Wildman–Crippen LogP) is 2.82. The summed E-state index contributed by atoms with van der Waals surface area (Å²) < 4.78 is 0. The normalized spacial score (nSPS) is 10.5. The van der Waals surface area contributed by atoms with Gasteiger partial charge in [-0.15, -0.1) is 11.6 Å². The second kappa shape index (κ2) is 7.10. The van der Waals surface area contributed by atoms with Crippen molar-refractivity contribution in [2.75, 3.05) is 6.54 Å². The van der Waals surface area contributed by atoms with Gasteiger partial charge in [-0.25, -0.2) is 0 Å². The van der Waals surface area contributed by atoms with Gasteiger partial charge in [-0.05, 0) is 43.0 Å². The lowest BCUT2D eigenvalue weighted by Gasteiger charge is -2.06. The summed E-state index contributed by atoms with van der Waals surface area (Å²) >= 11 is 5.76. The quantitative estimate of drug-likeness (QED) is 0.635. The van der Waals surface area contributed by atoms with Crippen LogP contribution < -0.4 is 5.32 Å². The molecule has 106 valence electrons. The van der Waals surface area contributed by atoms with Crippen LogP contribution in [0.4, 0.5) is 0 Å². The summed E-state index contributed by atoms with van der Waals surface area (Å²) in [6.07, 6.45) is 3.63. The van der Waals surface area contributed by atoms with Gasteiger partial charge in [-0.3, -0.25) is 9.89 Å². The Morgan fingerprint density at radius 1 is 1.45 bits per heavy atom. The first-order chi connectivity index (χ1) is 9.70. The van der Waals surface area contributed by atoms with Gasteiger partial charge in [0.05, 0.1) is 6.20 Å². The fourth-order valence-corrected chi connectivity index (χ4v) is 2.17. The van der Waals surface area contributed by atoms with Crippen molar-refractivity contribution >= 4 is 17.5 Å². The van der Waals surface area contributed by atoms with Crippen LogP contribution in [-0.2, 0) is 12.3 Å². The molecule has 0 unspecified atom stereocenters. The van der Waals surface area contributed by atoms with Gasteiger partial charge in [0, 0.05) is 23.7 Å². The molecule has 0 atom stereocenters. The molecule has 0 fully saturated rings. The van der Waals surface area contributed by atoms with Gasteiger partial charge < -0.3 is 5.32 Å². The van der Waals surface area contributed by atoms with Crippen molar-refractivity contribution < 1.29 is 4.79 Å². The number of carbonyl (C=O) groups is 1. The third kappa shape index (κ3) is 3.84. The van der Waals surface area contributed by atoms with E-state index in [1.54, 1.807) is 6.07 Å². The van der Waals surface area contributed by atoms with E-state index in [2.05, 4.69) is 15.5 Å². The molecular weight excluding hydrogens is 274 g/mol. The zero-order chi connectivity index (χ0) is 14.4. The Morgan fingerprint density at radius 2 is 2.30 bits per heavy atom. The van der Waals surface area contributed by atoms with Gasteiger partial charge in [0.15, 0.2) is 0 Å². The molecule has 1 amide bonds. The van der Waals surface area contributed by atoms with E-state index in [1.807, 2.05) is 31.3 Å². The van der Waals surface area contributed by atoms with E-state index < -0.39 is 0 Å². The van der Waals surface area contributed by atoms with E-state index in [-0.39, 0.29) is 5.91 Å². The lowest BCUT2D eigenvalue weighted by atomic mass is 10.1. The number of nitrogens with zero attached hydrogens (tertiary/aromatic N) is 1. The highest BCUT2D eigenvalue weighted by Crippen LogP contribution is 2.08. The lowest BCUT2D eigenvalue weighted by molar-refractivity contribution is 0.0953. The van der Waals surface area contributed by atoms with E-state index >= 15 is 0 Å². The Hall–Kier alpha value is -1.81. The number of nitrogens with one attached hydrogen (secondary N) is 2. The monoisotopic (exact) mass is 291 g/mol. The van der Waals surface area contributed by atoms with Crippen LogP contribution in [0.15, 0.2) is 30.5 Å². The smallest absolute Gasteiger partial charge is 0.251 e. The maximum Gasteiger partial charge on any atom is 0.251 e. The number of halogens is 1. The van der Waals surface area contributed by atoms with Gasteiger partial charge >= 0.3 is 0 Å². The molecule has 2 aromatic rings. The highest BCUT2D eigenvalue weighted by Gasteiger charge is 2.06. The Morgan fingerprint density at radius 3 is 3.00 bits per heavy atom. The molecule has 1 aromatic heterocycles. The minimum Gasteiger partial charge on any atom is -0.352 e. The molecule has 0 saturated carbocycles. The van der Waals surface area contributed by atoms with Crippen molar-refractivity contribution in [1.82, 2.24) is 15.5 Å². The van der Waals surface area contributed by atoms with Crippen molar-refractivity contribution in [2.45, 2.75) is 25.6 Å². The van der Waals surface area contributed by atoms with Crippen molar-refractivity contribution in [3.05, 3.63) is 52.8 Å². The number of rotatable bonds is 6. The second-order valence-electron chi connectivity index (χ2n) is 4.71. The number of aromatic nitrogens is 2. The minimum atomic E-state index is -0.0547. The first kappa shape index (κ1) is 14.6. The molecule has 5 heteroatoms. The molecule has 20 heavy (non-hydrogen) atoms. The molecule has 0 bridgehead atoms. The Labute approximate surface area is 123 Å². The van der Waals surface area contributed by atoms with E-state index in [0.29, 0.717) is 18.0 Å². The molecule has 0 aliphatic carbocycles. The molecule has 0 spiro atoms. The summed E-state index contributed by atoms with van der Waals surface area (Å²) in [6.45, 7) is 2.65. The molecular formula is C15H18ClN3O. The van der Waals surface area contributed by atoms with Gasteiger partial charge in [0.1, 0.15) is 0 Å². The minimum absolute atomic E-state index is 0.0547. The summed E-state index contributed by atoms with van der Waals surface area (Å²) in [6, 6.07) is 7.38. The van der Waals surface area contributed by atoms with Crippen LogP contribution in [0.2, 0.25) is 0 Å². The summed E-state index contributed by atoms with van der Waals surface area (Å²) in [5.74, 6) is 0.363. The predicted molar refractivity (Wildman–Crippen MR) is 80.0 cm³/mol. The maximum absolute atomic E-state index is 12.0.